The molecule has 0 aromatic heterocycles. The molecule has 0 spiro atoms. The predicted molar refractivity (Wildman–Crippen MR) is 78.4 cm³/mol. The lowest BCUT2D eigenvalue weighted by atomic mass is 9.88. The third-order valence-electron chi connectivity index (χ3n) is 3.88. The molecule has 1 saturated heterocycles. The summed E-state index contributed by atoms with van der Waals surface area (Å²) in [6.07, 6.45) is 5.72. The summed E-state index contributed by atoms with van der Waals surface area (Å²) in [5, 5.41) is 9.43. The highest BCUT2D eigenvalue weighted by Crippen LogP contribution is 2.28. The van der Waals surface area contributed by atoms with E-state index in [9.17, 15) is 14.7 Å². The Hall–Kier alpha value is -1.62. The lowest BCUT2D eigenvalue weighted by Crippen LogP contribution is -2.57. The lowest BCUT2D eigenvalue weighted by Gasteiger charge is -2.41. The number of amides is 1. The number of carboxylic acid groups (broad SMARTS) is 1. The number of likely N-dealkylation sites (tertiary alicyclic amines) is 1. The van der Waals surface area contributed by atoms with Gasteiger partial charge in [-0.15, -0.1) is 13.2 Å². The maximum atomic E-state index is 12.3. The Balaban J connectivity index is 2.77. The van der Waals surface area contributed by atoms with Gasteiger partial charge in [0.25, 0.3) is 0 Å². The number of aliphatic carboxylic acids is 1. The van der Waals surface area contributed by atoms with Gasteiger partial charge in [0.05, 0.1) is 6.54 Å². The third-order valence-corrected chi connectivity index (χ3v) is 3.88. The molecule has 1 fully saturated rings. The smallest absolute Gasteiger partial charge is 0.323 e. The molecule has 5 nitrogen and oxygen atoms in total. The molecule has 0 radical (unpaired) electrons. The Morgan fingerprint density at radius 2 is 1.90 bits per heavy atom. The molecule has 0 saturated carbocycles. The second-order valence-electron chi connectivity index (χ2n) is 5.33. The Morgan fingerprint density at radius 3 is 2.40 bits per heavy atom. The fraction of sp³-hybridized carbons (Fsp3) is 0.600. The molecule has 0 aromatic rings. The minimum Gasteiger partial charge on any atom is -0.480 e. The number of nitrogens with zero attached hydrogens (tertiary/aromatic N) is 2. The van der Waals surface area contributed by atoms with Crippen molar-refractivity contribution in [1.82, 2.24) is 9.80 Å². The number of carboxylic acids is 1. The summed E-state index contributed by atoms with van der Waals surface area (Å²) in [6.45, 7) is 10.6. The molecular formula is C15H24N2O3. The number of rotatable bonds is 7. The molecule has 20 heavy (non-hydrogen) atoms. The maximum Gasteiger partial charge on any atom is 0.323 e. The number of carbonyl (C=O) groups excluding carboxylic acids is 1. The zero-order valence-corrected chi connectivity index (χ0v) is 12.2. The van der Waals surface area contributed by atoms with Crippen LogP contribution >= 0.6 is 0 Å². The predicted octanol–water partition coefficient (Wildman–Crippen LogP) is 1.52. The molecule has 1 unspecified atom stereocenters. The highest BCUT2D eigenvalue weighted by Gasteiger charge is 2.42. The largest absolute Gasteiger partial charge is 0.480 e. The molecule has 1 aliphatic heterocycles. The molecule has 112 valence electrons. The van der Waals surface area contributed by atoms with E-state index in [-0.39, 0.29) is 12.5 Å². The van der Waals surface area contributed by atoms with Gasteiger partial charge in [-0.3, -0.25) is 14.5 Å². The number of hydrogen-bond acceptors (Lipinski definition) is 3. The second-order valence-corrected chi connectivity index (χ2v) is 5.33. The van der Waals surface area contributed by atoms with Crippen LogP contribution in [-0.2, 0) is 9.59 Å². The van der Waals surface area contributed by atoms with E-state index in [2.05, 4.69) is 13.2 Å². The summed E-state index contributed by atoms with van der Waals surface area (Å²) >= 11 is 0. The summed E-state index contributed by atoms with van der Waals surface area (Å²) in [7, 11) is 0. The maximum absolute atomic E-state index is 12.3. The van der Waals surface area contributed by atoms with Crippen molar-refractivity contribution in [3.05, 3.63) is 25.3 Å². The van der Waals surface area contributed by atoms with Crippen LogP contribution in [0.5, 0.6) is 0 Å². The summed E-state index contributed by atoms with van der Waals surface area (Å²) in [5.74, 6) is -0.942. The molecule has 0 bridgehead atoms. The van der Waals surface area contributed by atoms with Crippen LogP contribution in [0.25, 0.3) is 0 Å². The van der Waals surface area contributed by atoms with Gasteiger partial charge in [0, 0.05) is 13.1 Å². The number of carbonyl (C=O) groups is 2. The second kappa shape index (κ2) is 7.24. The topological polar surface area (TPSA) is 60.9 Å². The van der Waals surface area contributed by atoms with E-state index in [0.717, 1.165) is 12.8 Å². The molecule has 5 heteroatoms. The molecule has 1 rings (SSSR count). The van der Waals surface area contributed by atoms with Gasteiger partial charge >= 0.3 is 5.97 Å². The van der Waals surface area contributed by atoms with Crippen LogP contribution in [-0.4, -0.2) is 58.5 Å². The van der Waals surface area contributed by atoms with E-state index in [1.54, 1.807) is 28.9 Å². The van der Waals surface area contributed by atoms with Crippen LogP contribution in [0.1, 0.15) is 26.2 Å². The number of piperidine rings is 1. The third kappa shape index (κ3) is 3.70. The van der Waals surface area contributed by atoms with Gasteiger partial charge in [-0.25, -0.2) is 0 Å². The zero-order valence-electron chi connectivity index (χ0n) is 12.2. The highest BCUT2D eigenvalue weighted by molar-refractivity contribution is 5.82. The van der Waals surface area contributed by atoms with Crippen LogP contribution in [0.4, 0.5) is 0 Å². The van der Waals surface area contributed by atoms with Crippen LogP contribution < -0.4 is 0 Å². The molecule has 1 heterocycles. The van der Waals surface area contributed by atoms with E-state index >= 15 is 0 Å². The van der Waals surface area contributed by atoms with E-state index in [4.69, 9.17) is 0 Å². The average Bonchev–Trinajstić information content (AvgIpc) is 2.41. The first-order valence-corrected chi connectivity index (χ1v) is 6.93. The Kier molecular flexibility index (Phi) is 5.95. The fourth-order valence-electron chi connectivity index (χ4n) is 2.53. The van der Waals surface area contributed by atoms with Crippen molar-refractivity contribution in [3.63, 3.8) is 0 Å². The Bertz CT molecular complexity index is 385. The normalized spacial score (nSPS) is 23.1. The van der Waals surface area contributed by atoms with Crippen LogP contribution in [0.2, 0.25) is 0 Å². The first-order chi connectivity index (χ1) is 9.45. The van der Waals surface area contributed by atoms with Gasteiger partial charge in [0.1, 0.15) is 5.54 Å². The SMILES string of the molecule is C=CCN(CC=C)C(=O)CN1CCCCC1(C)C(=O)O. The van der Waals surface area contributed by atoms with Gasteiger partial charge in [-0.1, -0.05) is 12.2 Å². The standard InChI is InChI=1S/C15H24N2O3/c1-4-9-16(10-5-2)13(18)12-17-11-7-6-8-15(17,3)14(19)20/h4-5H,1-2,6-12H2,3H3,(H,19,20). The molecule has 0 aromatic carbocycles. The van der Waals surface area contributed by atoms with Gasteiger partial charge in [-0.05, 0) is 32.7 Å². The molecule has 1 N–H and O–H groups in total. The van der Waals surface area contributed by atoms with Crippen molar-refractivity contribution in [1.29, 1.82) is 0 Å². The monoisotopic (exact) mass is 280 g/mol. The zero-order chi connectivity index (χ0) is 15.2. The van der Waals surface area contributed by atoms with Crippen LogP contribution in [0, 0.1) is 0 Å². The summed E-state index contributed by atoms with van der Waals surface area (Å²) in [6, 6.07) is 0. The minimum absolute atomic E-state index is 0.0841. The van der Waals surface area contributed by atoms with E-state index < -0.39 is 11.5 Å². The van der Waals surface area contributed by atoms with Crippen molar-refractivity contribution in [3.8, 4) is 0 Å². The van der Waals surface area contributed by atoms with Gasteiger partial charge < -0.3 is 10.0 Å². The molecule has 0 aliphatic carbocycles. The van der Waals surface area contributed by atoms with E-state index in [0.29, 0.717) is 26.1 Å². The van der Waals surface area contributed by atoms with Gasteiger partial charge in [0.2, 0.25) is 5.91 Å². The molecule has 1 amide bonds. The summed E-state index contributed by atoms with van der Waals surface area (Å²) in [4.78, 5) is 27.2. The Labute approximate surface area is 120 Å². The Morgan fingerprint density at radius 1 is 1.30 bits per heavy atom. The van der Waals surface area contributed by atoms with Gasteiger partial charge in [0.15, 0.2) is 0 Å². The van der Waals surface area contributed by atoms with Crippen molar-refractivity contribution < 1.29 is 14.7 Å². The summed E-state index contributed by atoms with van der Waals surface area (Å²) in [5.41, 5.74) is -0.943. The van der Waals surface area contributed by atoms with Crippen molar-refractivity contribution in [2.45, 2.75) is 31.7 Å². The van der Waals surface area contributed by atoms with Gasteiger partial charge in [-0.2, -0.15) is 0 Å². The first kappa shape index (κ1) is 16.4. The number of hydrogen-bond donors (Lipinski definition) is 1. The van der Waals surface area contributed by atoms with Crippen LogP contribution in [0.15, 0.2) is 25.3 Å². The molecule has 1 aliphatic rings. The lowest BCUT2D eigenvalue weighted by molar-refractivity contribution is -0.154. The quantitative estimate of drug-likeness (QED) is 0.718. The first-order valence-electron chi connectivity index (χ1n) is 6.93. The summed E-state index contributed by atoms with van der Waals surface area (Å²) < 4.78 is 0. The van der Waals surface area contributed by atoms with Crippen LogP contribution in [0.3, 0.4) is 0 Å². The minimum atomic E-state index is -0.943. The van der Waals surface area contributed by atoms with Crippen molar-refractivity contribution in [2.24, 2.45) is 0 Å². The average molecular weight is 280 g/mol. The fourth-order valence-corrected chi connectivity index (χ4v) is 2.53. The van der Waals surface area contributed by atoms with Crippen molar-refractivity contribution in [2.75, 3.05) is 26.2 Å². The highest BCUT2D eigenvalue weighted by atomic mass is 16.4. The van der Waals surface area contributed by atoms with Crippen molar-refractivity contribution >= 4 is 11.9 Å². The molecular weight excluding hydrogens is 256 g/mol. The van der Waals surface area contributed by atoms with E-state index in [1.807, 2.05) is 0 Å². The van der Waals surface area contributed by atoms with E-state index in [1.165, 1.54) is 0 Å². The molecule has 1 atom stereocenters.